The molecule has 2 aromatic carbocycles. The molecule has 0 unspecified atom stereocenters. The number of halogens is 5. The van der Waals surface area contributed by atoms with E-state index in [-0.39, 0.29) is 24.7 Å². The van der Waals surface area contributed by atoms with Crippen molar-refractivity contribution < 1.29 is 46.1 Å². The van der Waals surface area contributed by atoms with Crippen LogP contribution < -0.4 is 29.6 Å². The van der Waals surface area contributed by atoms with E-state index in [1.807, 2.05) is 18.2 Å². The quantitative estimate of drug-likeness (QED) is 0.0845. The molecule has 0 fully saturated rings. The minimum Gasteiger partial charge on any atom is -0.495 e. The maximum atomic E-state index is 12.3. The molecule has 6 heterocycles. The van der Waals surface area contributed by atoms with Crippen molar-refractivity contribution in [2.45, 2.75) is 31.8 Å². The fraction of sp³-hybridized carbons (Fsp3) is 0.250. The molecule has 0 bridgehead atoms. The van der Waals surface area contributed by atoms with Crippen molar-refractivity contribution in [2.24, 2.45) is 0 Å². The van der Waals surface area contributed by atoms with E-state index in [1.165, 1.54) is 29.8 Å². The highest BCUT2D eigenvalue weighted by Gasteiger charge is 2.32. The normalized spacial score (nSPS) is 12.0. The third kappa shape index (κ3) is 9.42. The second kappa shape index (κ2) is 20.3. The van der Waals surface area contributed by atoms with Crippen LogP contribution in [0.4, 0.5) is 17.6 Å². The first-order chi connectivity index (χ1) is 30.5. The van der Waals surface area contributed by atoms with Crippen LogP contribution in [0.1, 0.15) is 45.8 Å². The second-order valence-corrected chi connectivity index (χ2v) is 17.3. The maximum Gasteiger partial charge on any atom is 0.250 e. The van der Waals surface area contributed by atoms with Gasteiger partial charge in [0.2, 0.25) is 5.78 Å². The molecule has 2 N–H and O–H groups in total. The fourth-order valence-corrected chi connectivity index (χ4v) is 10.7. The summed E-state index contributed by atoms with van der Waals surface area (Å²) in [5.41, 5.74) is 0.968. The van der Waals surface area contributed by atoms with Crippen molar-refractivity contribution in [3.63, 3.8) is 0 Å². The van der Waals surface area contributed by atoms with E-state index >= 15 is 0 Å². The Morgan fingerprint density at radius 2 is 1.03 bits per heavy atom. The van der Waals surface area contributed by atoms with Crippen LogP contribution in [0.25, 0.3) is 41.7 Å². The molecule has 0 radical (unpaired) electrons. The third-order valence-corrected chi connectivity index (χ3v) is 13.6. The smallest absolute Gasteiger partial charge is 0.250 e. The Bertz CT molecular complexity index is 2770. The number of aromatic nitrogens is 3. The van der Waals surface area contributed by atoms with Gasteiger partial charge in [0.1, 0.15) is 23.0 Å². The highest BCUT2D eigenvalue weighted by molar-refractivity contribution is 7.20. The lowest BCUT2D eigenvalue weighted by Crippen LogP contribution is -2.20. The Balaban J connectivity index is 0.000000142. The monoisotopic (exact) mass is 939 g/mol. The van der Waals surface area contributed by atoms with Gasteiger partial charge < -0.3 is 29.6 Å². The van der Waals surface area contributed by atoms with E-state index in [1.54, 1.807) is 70.6 Å². The molecule has 9 rings (SSSR count). The van der Waals surface area contributed by atoms with E-state index in [9.17, 15) is 27.2 Å². The van der Waals surface area contributed by atoms with Gasteiger partial charge in [0, 0.05) is 108 Å². The topological polar surface area (TPSA) is 134 Å². The number of carbonyl (C=O) groups is 2. The van der Waals surface area contributed by atoms with Gasteiger partial charge in [0.05, 0.1) is 67.2 Å². The molecule has 328 valence electrons. The van der Waals surface area contributed by atoms with Crippen LogP contribution in [0.15, 0.2) is 73.6 Å². The molecule has 0 saturated carbocycles. The lowest BCUT2D eigenvalue weighted by molar-refractivity contribution is 0.0982. The van der Waals surface area contributed by atoms with E-state index in [0.717, 1.165) is 85.8 Å². The minimum absolute atomic E-state index is 0.206. The molecule has 11 nitrogen and oxygen atoms in total. The zero-order valence-corrected chi connectivity index (χ0v) is 37.2. The molecule has 0 atom stereocenters. The number of fused-ring (bicyclic) bond motifs is 6. The summed E-state index contributed by atoms with van der Waals surface area (Å²) in [6, 6.07) is 10.9. The van der Waals surface area contributed by atoms with Crippen LogP contribution in [0.3, 0.4) is 0 Å². The Labute approximate surface area is 375 Å². The first kappa shape index (κ1) is 45.5. The van der Waals surface area contributed by atoms with Crippen LogP contribution >= 0.6 is 45.6 Å². The van der Waals surface area contributed by atoms with Crippen molar-refractivity contribution in [1.82, 2.24) is 25.6 Å². The summed E-state index contributed by atoms with van der Waals surface area (Å²) < 4.78 is 73.0. The standard InChI is InChI=1S/C16H16F2N2O2S.C14H12ClNO2S.C14H10F2N2O2S/c1-21-14-11-5-9(6-20-8-13(17)18)23-16(11)15(22-2)10-3-4-19-7-12(10)14;1-17-12-10-5-8(6-15)19-14(10)13(18-2)9-3-4-16-7-11(9)12;15-11(16)6-18-4-7-3-9-12(19)10-5-17-2-1-8(10)13(20)14(9)21-7/h3-5,7,13,20H,6,8H2,1-2H3;3-5,7H,6H2,1-2H3;1-3,5,11,18H,4,6H2. The molecule has 0 amide bonds. The summed E-state index contributed by atoms with van der Waals surface area (Å²) >= 11 is 10.2. The summed E-state index contributed by atoms with van der Waals surface area (Å²) in [6.07, 6.45) is 5.05. The highest BCUT2D eigenvalue weighted by Crippen LogP contribution is 2.47. The molecule has 6 aromatic heterocycles. The van der Waals surface area contributed by atoms with Crippen molar-refractivity contribution in [3.05, 3.63) is 110 Å². The summed E-state index contributed by atoms with van der Waals surface area (Å²) in [5.74, 6) is 3.18. The van der Waals surface area contributed by atoms with E-state index in [4.69, 9.17) is 30.5 Å². The Kier molecular flexibility index (Phi) is 14.7. The van der Waals surface area contributed by atoms with Crippen LogP contribution in [0.5, 0.6) is 23.0 Å². The van der Waals surface area contributed by atoms with Crippen LogP contribution in [-0.4, -0.2) is 80.9 Å². The van der Waals surface area contributed by atoms with Crippen molar-refractivity contribution >= 4 is 98.9 Å². The number of hydrogen-bond acceptors (Lipinski definition) is 14. The molecule has 1 aliphatic rings. The van der Waals surface area contributed by atoms with Crippen LogP contribution in [0, 0.1) is 0 Å². The molecular weight excluding hydrogens is 902 g/mol. The number of nitrogens with zero attached hydrogens (tertiary/aromatic N) is 3. The van der Waals surface area contributed by atoms with Gasteiger partial charge in [0.25, 0.3) is 12.9 Å². The predicted molar refractivity (Wildman–Crippen MR) is 241 cm³/mol. The van der Waals surface area contributed by atoms with Gasteiger partial charge in [0.15, 0.2) is 5.78 Å². The van der Waals surface area contributed by atoms with Gasteiger partial charge in [-0.1, -0.05) is 0 Å². The lowest BCUT2D eigenvalue weighted by atomic mass is 9.90. The number of thiophene rings is 3. The number of pyridine rings is 3. The molecule has 0 spiro atoms. The highest BCUT2D eigenvalue weighted by atomic mass is 35.5. The van der Waals surface area contributed by atoms with E-state index in [2.05, 4.69) is 31.7 Å². The van der Waals surface area contributed by atoms with Gasteiger partial charge in [-0.25, -0.2) is 17.6 Å². The zero-order chi connectivity index (χ0) is 44.8. The van der Waals surface area contributed by atoms with Crippen LogP contribution in [0.2, 0.25) is 0 Å². The van der Waals surface area contributed by atoms with Crippen molar-refractivity contribution in [2.75, 3.05) is 41.5 Å². The molecule has 0 aliphatic heterocycles. The average molecular weight is 940 g/mol. The molecule has 8 aromatic rings. The van der Waals surface area contributed by atoms with Gasteiger partial charge in [-0.3, -0.25) is 24.5 Å². The number of alkyl halides is 5. The van der Waals surface area contributed by atoms with Crippen LogP contribution in [-0.2, 0) is 19.0 Å². The summed E-state index contributed by atoms with van der Waals surface area (Å²) in [6.45, 7) is -0.162. The zero-order valence-electron chi connectivity index (χ0n) is 34.0. The maximum absolute atomic E-state index is 12.3. The molecule has 0 saturated heterocycles. The number of benzene rings is 2. The number of ketones is 2. The number of hydrogen-bond donors (Lipinski definition) is 2. The number of methoxy groups -OCH3 is 4. The first-order valence-electron chi connectivity index (χ1n) is 19.0. The number of carbonyl (C=O) groups excluding carboxylic acids is 2. The molecule has 1 aliphatic carbocycles. The van der Waals surface area contributed by atoms with Gasteiger partial charge in [-0.2, -0.15) is 0 Å². The minimum atomic E-state index is -2.43. The summed E-state index contributed by atoms with van der Waals surface area (Å²) in [5, 5.41) is 11.0. The van der Waals surface area contributed by atoms with Gasteiger partial charge >= 0.3 is 0 Å². The Morgan fingerprint density at radius 3 is 1.54 bits per heavy atom. The SMILES string of the molecule is COc1c2cnccc2c(OC)c2sc(CCl)cc12.COc1c2cnccc2c(OC)c2sc(CNCC(F)F)cc12.O=C1c2cnccc2C(=O)c2sc(CNCC(F)F)cc21. The third-order valence-electron chi connectivity index (χ3n) is 9.78. The first-order valence-corrected chi connectivity index (χ1v) is 22.0. The van der Waals surface area contributed by atoms with E-state index < -0.39 is 19.4 Å². The Hall–Kier alpha value is -5.50. The number of rotatable bonds is 13. The molecule has 19 heteroatoms. The van der Waals surface area contributed by atoms with Gasteiger partial charge in [-0.15, -0.1) is 45.6 Å². The number of nitrogens with one attached hydrogen (secondary N) is 2. The Morgan fingerprint density at radius 1 is 0.556 bits per heavy atom. The lowest BCUT2D eigenvalue weighted by Gasteiger charge is -2.12. The molecular formula is C44H38ClF4N5O6S3. The molecule has 63 heavy (non-hydrogen) atoms. The van der Waals surface area contributed by atoms with Gasteiger partial charge in [-0.05, 0) is 36.4 Å². The predicted octanol–water partition coefficient (Wildman–Crippen LogP) is 10.3. The van der Waals surface area contributed by atoms with Crippen molar-refractivity contribution in [3.8, 4) is 23.0 Å². The van der Waals surface area contributed by atoms with Crippen molar-refractivity contribution in [1.29, 1.82) is 0 Å². The average Bonchev–Trinajstić information content (AvgIpc) is 4.04. The largest absolute Gasteiger partial charge is 0.495 e. The van der Waals surface area contributed by atoms with E-state index in [0.29, 0.717) is 38.9 Å². The summed E-state index contributed by atoms with van der Waals surface area (Å²) in [7, 11) is 6.59. The number of ether oxygens (including phenoxy) is 4. The second-order valence-electron chi connectivity index (χ2n) is 13.6. The fourth-order valence-electron chi connectivity index (χ4n) is 7.15. The summed E-state index contributed by atoms with van der Waals surface area (Å²) in [4.78, 5) is 39.9.